The molecule has 1 aromatic carbocycles. The summed E-state index contributed by atoms with van der Waals surface area (Å²) in [6, 6.07) is 4.76. The van der Waals surface area contributed by atoms with Crippen molar-refractivity contribution >= 4 is 11.8 Å². The van der Waals surface area contributed by atoms with Crippen LogP contribution >= 0.6 is 0 Å². The molecule has 2 rings (SSSR count). The number of carbonyl (C=O) groups is 2. The molecule has 0 bridgehead atoms. The maximum absolute atomic E-state index is 12.8. The Morgan fingerprint density at radius 1 is 1.40 bits per heavy atom. The number of amides is 2. The van der Waals surface area contributed by atoms with Crippen LogP contribution in [0.25, 0.3) is 0 Å². The molecule has 1 aliphatic heterocycles. The Morgan fingerprint density at radius 3 is 2.76 bits per heavy atom. The standard InChI is InChI=1S/C16H16F4N2O3/c1-22-5-4-11-6-12(2-3-13(11)14(22)23)25-9-10(7-17)8-21-15(24)16(18,19)20/h2-3,6-7H,4-5,8-9H2,1H3,(H,21,24)/b10-7+. The number of hydrogen-bond acceptors (Lipinski definition) is 3. The molecule has 5 nitrogen and oxygen atoms in total. The molecule has 0 aromatic heterocycles. The van der Waals surface area contributed by atoms with E-state index in [1.54, 1.807) is 29.4 Å². The molecule has 0 aliphatic carbocycles. The third-order valence-electron chi connectivity index (χ3n) is 3.68. The van der Waals surface area contributed by atoms with Crippen LogP contribution in [0.4, 0.5) is 17.6 Å². The second-order valence-corrected chi connectivity index (χ2v) is 5.53. The molecule has 0 radical (unpaired) electrons. The molecule has 0 fully saturated rings. The lowest BCUT2D eigenvalue weighted by Gasteiger charge is -2.25. The van der Waals surface area contributed by atoms with Gasteiger partial charge in [-0.15, -0.1) is 0 Å². The predicted octanol–water partition coefficient (Wildman–Crippen LogP) is 2.23. The Kier molecular flexibility index (Phi) is 5.66. The van der Waals surface area contributed by atoms with Gasteiger partial charge in [-0.2, -0.15) is 13.2 Å². The van der Waals surface area contributed by atoms with Gasteiger partial charge in [-0.25, -0.2) is 4.39 Å². The lowest BCUT2D eigenvalue weighted by Crippen LogP contribution is -2.38. The third kappa shape index (κ3) is 4.71. The molecule has 1 aliphatic rings. The van der Waals surface area contributed by atoms with Crippen molar-refractivity contribution in [1.82, 2.24) is 10.2 Å². The highest BCUT2D eigenvalue weighted by atomic mass is 19.4. The molecule has 0 spiro atoms. The number of benzene rings is 1. The summed E-state index contributed by atoms with van der Waals surface area (Å²) < 4.78 is 54.3. The highest BCUT2D eigenvalue weighted by Crippen LogP contribution is 2.23. The van der Waals surface area contributed by atoms with E-state index < -0.39 is 18.6 Å². The van der Waals surface area contributed by atoms with Crippen molar-refractivity contribution in [2.24, 2.45) is 0 Å². The SMILES string of the molecule is CN1CCc2cc(OC/C(=C/F)CNC(=O)C(F)(F)F)ccc2C1=O. The molecule has 1 aromatic rings. The zero-order valence-electron chi connectivity index (χ0n) is 13.3. The van der Waals surface area contributed by atoms with Crippen molar-refractivity contribution < 1.29 is 31.9 Å². The summed E-state index contributed by atoms with van der Waals surface area (Å²) in [7, 11) is 1.70. The molecular formula is C16H16F4N2O3. The van der Waals surface area contributed by atoms with Gasteiger partial charge in [0.05, 0.1) is 6.33 Å². The van der Waals surface area contributed by atoms with Crippen LogP contribution in [0.5, 0.6) is 5.75 Å². The topological polar surface area (TPSA) is 58.6 Å². The van der Waals surface area contributed by atoms with Gasteiger partial charge in [-0.3, -0.25) is 9.59 Å². The zero-order valence-corrected chi connectivity index (χ0v) is 13.3. The van der Waals surface area contributed by atoms with Crippen molar-refractivity contribution in [3.63, 3.8) is 0 Å². The summed E-state index contributed by atoms with van der Waals surface area (Å²) in [6.45, 7) is -0.390. The number of fused-ring (bicyclic) bond motifs is 1. The van der Waals surface area contributed by atoms with Crippen molar-refractivity contribution in [3.8, 4) is 5.75 Å². The van der Waals surface area contributed by atoms with Crippen LogP contribution in [0.3, 0.4) is 0 Å². The van der Waals surface area contributed by atoms with Gasteiger partial charge in [0.25, 0.3) is 5.91 Å². The largest absolute Gasteiger partial charge is 0.489 e. The van der Waals surface area contributed by atoms with E-state index >= 15 is 0 Å². The number of likely N-dealkylation sites (N-methyl/N-ethyl adjacent to an activating group) is 1. The summed E-state index contributed by atoms with van der Waals surface area (Å²) in [5, 5.41) is 1.57. The summed E-state index contributed by atoms with van der Waals surface area (Å²) in [5.74, 6) is -1.90. The van der Waals surface area contributed by atoms with E-state index in [1.165, 1.54) is 6.07 Å². The highest BCUT2D eigenvalue weighted by Gasteiger charge is 2.38. The first kappa shape index (κ1) is 18.8. The Balaban J connectivity index is 1.94. The van der Waals surface area contributed by atoms with Crippen molar-refractivity contribution in [3.05, 3.63) is 41.2 Å². The van der Waals surface area contributed by atoms with E-state index in [0.717, 1.165) is 5.56 Å². The molecule has 1 N–H and O–H groups in total. The van der Waals surface area contributed by atoms with E-state index in [9.17, 15) is 27.2 Å². The van der Waals surface area contributed by atoms with Gasteiger partial charge in [0.15, 0.2) is 0 Å². The monoisotopic (exact) mass is 360 g/mol. The Hall–Kier alpha value is -2.58. The third-order valence-corrected chi connectivity index (χ3v) is 3.68. The molecule has 0 unspecified atom stereocenters. The van der Waals surface area contributed by atoms with Crippen LogP contribution in [0.15, 0.2) is 30.1 Å². The van der Waals surface area contributed by atoms with E-state index in [2.05, 4.69) is 0 Å². The van der Waals surface area contributed by atoms with Crippen molar-refractivity contribution in [2.75, 3.05) is 26.7 Å². The van der Waals surface area contributed by atoms with Crippen LogP contribution in [-0.2, 0) is 11.2 Å². The predicted molar refractivity (Wildman–Crippen MR) is 80.9 cm³/mol. The minimum absolute atomic E-state index is 0.0908. The smallest absolute Gasteiger partial charge is 0.471 e. The van der Waals surface area contributed by atoms with Gasteiger partial charge in [0.2, 0.25) is 0 Å². The first-order valence-electron chi connectivity index (χ1n) is 7.36. The Bertz CT molecular complexity index is 701. The molecular weight excluding hydrogens is 344 g/mol. The average molecular weight is 360 g/mol. The maximum Gasteiger partial charge on any atom is 0.471 e. The minimum atomic E-state index is -5.03. The molecule has 0 atom stereocenters. The molecule has 2 amide bonds. The zero-order chi connectivity index (χ0) is 18.6. The fourth-order valence-corrected chi connectivity index (χ4v) is 2.26. The van der Waals surface area contributed by atoms with Gasteiger partial charge < -0.3 is 15.0 Å². The van der Waals surface area contributed by atoms with Gasteiger partial charge in [-0.05, 0) is 30.2 Å². The van der Waals surface area contributed by atoms with Gasteiger partial charge >= 0.3 is 12.1 Å². The highest BCUT2D eigenvalue weighted by molar-refractivity contribution is 5.96. The average Bonchev–Trinajstić information content (AvgIpc) is 2.57. The number of nitrogens with zero attached hydrogens (tertiary/aromatic N) is 1. The lowest BCUT2D eigenvalue weighted by atomic mass is 9.99. The van der Waals surface area contributed by atoms with E-state index in [-0.39, 0.29) is 24.4 Å². The number of carbonyl (C=O) groups excluding carboxylic acids is 2. The lowest BCUT2D eigenvalue weighted by molar-refractivity contribution is -0.173. The quantitative estimate of drug-likeness (QED) is 0.820. The van der Waals surface area contributed by atoms with Gasteiger partial charge in [0.1, 0.15) is 12.4 Å². The first-order valence-corrected chi connectivity index (χ1v) is 7.36. The molecule has 1 heterocycles. The summed E-state index contributed by atoms with van der Waals surface area (Å²) in [4.78, 5) is 24.3. The number of hydrogen-bond donors (Lipinski definition) is 1. The van der Waals surface area contributed by atoms with Crippen molar-refractivity contribution in [1.29, 1.82) is 0 Å². The van der Waals surface area contributed by atoms with Crippen LogP contribution in [0.2, 0.25) is 0 Å². The van der Waals surface area contributed by atoms with E-state index in [1.807, 2.05) is 0 Å². The van der Waals surface area contributed by atoms with Gasteiger partial charge in [-0.1, -0.05) is 0 Å². The van der Waals surface area contributed by atoms with Crippen LogP contribution in [-0.4, -0.2) is 49.6 Å². The molecule has 136 valence electrons. The Labute approximate surface area is 141 Å². The van der Waals surface area contributed by atoms with Crippen LogP contribution in [0.1, 0.15) is 15.9 Å². The maximum atomic E-state index is 12.8. The number of ether oxygens (including phenoxy) is 1. The molecule has 25 heavy (non-hydrogen) atoms. The summed E-state index contributed by atoms with van der Waals surface area (Å²) in [6.07, 6.45) is -4.30. The number of halogens is 4. The second kappa shape index (κ2) is 7.54. The molecule has 9 heteroatoms. The molecule has 0 saturated carbocycles. The van der Waals surface area contributed by atoms with Crippen LogP contribution < -0.4 is 10.1 Å². The van der Waals surface area contributed by atoms with E-state index in [0.29, 0.717) is 24.3 Å². The number of alkyl halides is 3. The number of rotatable bonds is 5. The summed E-state index contributed by atoms with van der Waals surface area (Å²) in [5.41, 5.74) is 1.18. The molecule has 0 saturated heterocycles. The second-order valence-electron chi connectivity index (χ2n) is 5.53. The summed E-state index contributed by atoms with van der Waals surface area (Å²) >= 11 is 0. The van der Waals surface area contributed by atoms with Crippen molar-refractivity contribution in [2.45, 2.75) is 12.6 Å². The normalized spacial score (nSPS) is 15.0. The first-order chi connectivity index (χ1) is 11.7. The fourth-order valence-electron chi connectivity index (χ4n) is 2.26. The fraction of sp³-hybridized carbons (Fsp3) is 0.375. The number of nitrogens with one attached hydrogen (secondary N) is 1. The van der Waals surface area contributed by atoms with Gasteiger partial charge in [0, 0.05) is 31.3 Å². The van der Waals surface area contributed by atoms with Crippen LogP contribution in [0, 0.1) is 0 Å². The minimum Gasteiger partial charge on any atom is -0.489 e. The van der Waals surface area contributed by atoms with E-state index in [4.69, 9.17) is 4.74 Å². The Morgan fingerprint density at radius 2 is 2.12 bits per heavy atom.